The summed E-state index contributed by atoms with van der Waals surface area (Å²) in [4.78, 5) is 25.3. The number of phenolic OH excluding ortho intramolecular Hbond substituents is 1. The molecule has 30 heavy (non-hydrogen) atoms. The van der Waals surface area contributed by atoms with E-state index in [9.17, 15) is 14.7 Å². The highest BCUT2D eigenvalue weighted by Gasteiger charge is 2.34. The van der Waals surface area contributed by atoms with E-state index in [4.69, 9.17) is 4.74 Å². The van der Waals surface area contributed by atoms with Crippen LogP contribution in [0, 0.1) is 19.3 Å². The zero-order valence-corrected chi connectivity index (χ0v) is 18.5. The number of phenols is 1. The van der Waals surface area contributed by atoms with Gasteiger partial charge in [-0.25, -0.2) is 0 Å². The van der Waals surface area contributed by atoms with Crippen molar-refractivity contribution in [3.05, 3.63) is 59.2 Å². The molecule has 0 aromatic heterocycles. The number of carbonyl (C=O) groups is 2. The van der Waals surface area contributed by atoms with E-state index >= 15 is 0 Å². The maximum Gasteiger partial charge on any atom is 0.226 e. The number of hydrogen-bond acceptors (Lipinski definition) is 4. The van der Waals surface area contributed by atoms with Gasteiger partial charge in [0.1, 0.15) is 11.5 Å². The van der Waals surface area contributed by atoms with E-state index in [2.05, 4.69) is 11.4 Å². The van der Waals surface area contributed by atoms with Crippen molar-refractivity contribution in [2.24, 2.45) is 5.41 Å². The molecule has 0 atom stereocenters. The first-order valence-corrected chi connectivity index (χ1v) is 10.6. The Morgan fingerprint density at radius 1 is 1.03 bits per heavy atom. The molecule has 0 aliphatic heterocycles. The lowest BCUT2D eigenvalue weighted by atomic mass is 9.77. The first-order chi connectivity index (χ1) is 14.3. The van der Waals surface area contributed by atoms with E-state index < -0.39 is 5.41 Å². The van der Waals surface area contributed by atoms with Gasteiger partial charge in [0, 0.05) is 11.0 Å². The zero-order chi connectivity index (χ0) is 22.1. The molecule has 162 valence electrons. The van der Waals surface area contributed by atoms with Crippen molar-refractivity contribution in [2.75, 3.05) is 13.2 Å². The molecule has 2 rings (SSSR count). The fourth-order valence-electron chi connectivity index (χ4n) is 3.78. The Hall–Kier alpha value is -2.82. The van der Waals surface area contributed by atoms with Gasteiger partial charge >= 0.3 is 0 Å². The second-order valence-electron chi connectivity index (χ2n) is 7.92. The molecule has 0 radical (unpaired) electrons. The van der Waals surface area contributed by atoms with Gasteiger partial charge in [0.25, 0.3) is 0 Å². The van der Waals surface area contributed by atoms with Gasteiger partial charge < -0.3 is 15.2 Å². The molecule has 5 nitrogen and oxygen atoms in total. The van der Waals surface area contributed by atoms with Gasteiger partial charge in [-0.3, -0.25) is 9.59 Å². The van der Waals surface area contributed by atoms with Gasteiger partial charge in [-0.15, -0.1) is 0 Å². The second-order valence-corrected chi connectivity index (χ2v) is 7.92. The minimum absolute atomic E-state index is 0.0347. The second kappa shape index (κ2) is 10.8. The lowest BCUT2D eigenvalue weighted by Gasteiger charge is -2.30. The summed E-state index contributed by atoms with van der Waals surface area (Å²) in [7, 11) is 0. The number of hydrogen-bond donors (Lipinski definition) is 2. The number of rotatable bonds is 11. The van der Waals surface area contributed by atoms with Crippen LogP contribution in [0.5, 0.6) is 11.5 Å². The van der Waals surface area contributed by atoms with Gasteiger partial charge in [-0.05, 0) is 74.9 Å². The average Bonchev–Trinajstić information content (AvgIpc) is 2.71. The number of benzene rings is 2. The Kier molecular flexibility index (Phi) is 8.46. The highest BCUT2D eigenvalue weighted by Crippen LogP contribution is 2.32. The zero-order valence-electron chi connectivity index (χ0n) is 18.5. The van der Waals surface area contributed by atoms with Crippen LogP contribution in [-0.4, -0.2) is 29.9 Å². The highest BCUT2D eigenvalue weighted by molar-refractivity contribution is 6.00. The molecule has 0 fully saturated rings. The minimum atomic E-state index is -0.523. The van der Waals surface area contributed by atoms with Crippen LogP contribution in [-0.2, 0) is 4.79 Å². The number of aromatic hydroxyl groups is 1. The fraction of sp³-hybridized carbons (Fsp3) is 0.440. The van der Waals surface area contributed by atoms with Crippen molar-refractivity contribution in [3.8, 4) is 11.5 Å². The minimum Gasteiger partial charge on any atom is -0.508 e. The van der Waals surface area contributed by atoms with E-state index in [1.54, 1.807) is 12.1 Å². The molecule has 2 aromatic rings. The topological polar surface area (TPSA) is 75.6 Å². The molecule has 0 spiro atoms. The first-order valence-electron chi connectivity index (χ1n) is 10.6. The van der Waals surface area contributed by atoms with Crippen molar-refractivity contribution in [1.29, 1.82) is 0 Å². The Bertz CT molecular complexity index is 851. The Morgan fingerprint density at radius 2 is 1.70 bits per heavy atom. The van der Waals surface area contributed by atoms with Crippen LogP contribution < -0.4 is 10.1 Å². The molecule has 0 saturated heterocycles. The lowest BCUT2D eigenvalue weighted by Crippen LogP contribution is -2.42. The largest absolute Gasteiger partial charge is 0.508 e. The summed E-state index contributed by atoms with van der Waals surface area (Å²) < 4.78 is 5.89. The average molecular weight is 412 g/mol. The smallest absolute Gasteiger partial charge is 0.226 e. The van der Waals surface area contributed by atoms with Crippen molar-refractivity contribution in [3.63, 3.8) is 0 Å². The first kappa shape index (κ1) is 23.5. The Balaban J connectivity index is 1.90. The molecular weight excluding hydrogens is 378 g/mol. The molecule has 0 heterocycles. The molecular formula is C25H33NO4. The van der Waals surface area contributed by atoms with Crippen molar-refractivity contribution >= 4 is 11.7 Å². The standard InChI is InChI=1S/C25H33NO4/c1-5-25(6-2,11-8-12-30-22-14-18(3)13-19(4)15-22)24(29)26-17-23(28)20-9-7-10-21(27)16-20/h7,9-10,13-16,27H,5-6,8,11-12,17H2,1-4H3,(H,26,29). The summed E-state index contributed by atoms with van der Waals surface area (Å²) in [5.74, 6) is 0.561. The highest BCUT2D eigenvalue weighted by atomic mass is 16.5. The summed E-state index contributed by atoms with van der Waals surface area (Å²) in [6.07, 6.45) is 2.83. The van der Waals surface area contributed by atoms with E-state index in [1.165, 1.54) is 12.1 Å². The van der Waals surface area contributed by atoms with Crippen LogP contribution >= 0.6 is 0 Å². The Labute approximate surface area is 179 Å². The summed E-state index contributed by atoms with van der Waals surface area (Å²) in [6.45, 7) is 8.56. The van der Waals surface area contributed by atoms with Crippen molar-refractivity contribution in [1.82, 2.24) is 5.32 Å². The van der Waals surface area contributed by atoms with Crippen molar-refractivity contribution < 1.29 is 19.4 Å². The van der Waals surface area contributed by atoms with E-state index in [0.29, 0.717) is 31.4 Å². The number of nitrogens with one attached hydrogen (secondary N) is 1. The van der Waals surface area contributed by atoms with E-state index in [-0.39, 0.29) is 24.0 Å². The number of ketones is 1. The van der Waals surface area contributed by atoms with Gasteiger partial charge in [0.2, 0.25) is 5.91 Å². The van der Waals surface area contributed by atoms with Crippen LogP contribution in [0.25, 0.3) is 0 Å². The Morgan fingerprint density at radius 3 is 2.30 bits per heavy atom. The summed E-state index contributed by atoms with van der Waals surface area (Å²) in [5.41, 5.74) is 2.19. The monoisotopic (exact) mass is 411 g/mol. The van der Waals surface area contributed by atoms with E-state index in [0.717, 1.165) is 23.3 Å². The quantitative estimate of drug-likeness (QED) is 0.404. The van der Waals surface area contributed by atoms with Crippen LogP contribution in [0.3, 0.4) is 0 Å². The number of aryl methyl sites for hydroxylation is 2. The van der Waals surface area contributed by atoms with Crippen LogP contribution in [0.2, 0.25) is 0 Å². The lowest BCUT2D eigenvalue weighted by molar-refractivity contribution is -0.132. The number of ether oxygens (including phenoxy) is 1. The van der Waals surface area contributed by atoms with Crippen LogP contribution in [0.15, 0.2) is 42.5 Å². The molecule has 2 N–H and O–H groups in total. The van der Waals surface area contributed by atoms with Crippen LogP contribution in [0.1, 0.15) is 61.0 Å². The SMILES string of the molecule is CCC(CC)(CCCOc1cc(C)cc(C)c1)C(=O)NCC(=O)c1cccc(O)c1. The number of carbonyl (C=O) groups excluding carboxylic acids is 2. The third kappa shape index (κ3) is 6.34. The molecule has 2 aromatic carbocycles. The molecule has 5 heteroatoms. The number of amides is 1. The van der Waals surface area contributed by atoms with E-state index in [1.807, 2.05) is 39.8 Å². The van der Waals surface area contributed by atoms with Gasteiger partial charge in [-0.1, -0.05) is 32.0 Å². The summed E-state index contributed by atoms with van der Waals surface area (Å²) in [6, 6.07) is 12.3. The third-order valence-corrected chi connectivity index (χ3v) is 5.68. The van der Waals surface area contributed by atoms with Crippen molar-refractivity contribution in [2.45, 2.75) is 53.4 Å². The van der Waals surface area contributed by atoms with Gasteiger partial charge in [0.05, 0.1) is 13.2 Å². The third-order valence-electron chi connectivity index (χ3n) is 5.68. The predicted octanol–water partition coefficient (Wildman–Crippen LogP) is 4.97. The van der Waals surface area contributed by atoms with Crippen LogP contribution in [0.4, 0.5) is 0 Å². The molecule has 1 amide bonds. The molecule has 0 saturated carbocycles. The fourth-order valence-corrected chi connectivity index (χ4v) is 3.78. The van der Waals surface area contributed by atoms with Gasteiger partial charge in [0.15, 0.2) is 5.78 Å². The predicted molar refractivity (Wildman–Crippen MR) is 119 cm³/mol. The molecule has 0 unspecified atom stereocenters. The molecule has 0 bridgehead atoms. The maximum atomic E-state index is 12.9. The normalized spacial score (nSPS) is 11.2. The maximum absolute atomic E-state index is 12.9. The molecule has 0 aliphatic carbocycles. The number of Topliss-reactive ketones (excluding diaryl/α,β-unsaturated/α-hetero) is 1. The molecule has 0 aliphatic rings. The summed E-state index contributed by atoms with van der Waals surface area (Å²) in [5, 5.41) is 12.3. The summed E-state index contributed by atoms with van der Waals surface area (Å²) >= 11 is 0. The van der Waals surface area contributed by atoms with Gasteiger partial charge in [-0.2, -0.15) is 0 Å².